The number of nitrogens with zero attached hydrogens (tertiary/aromatic N) is 1. The van der Waals surface area contributed by atoms with E-state index in [4.69, 9.17) is 19.7 Å². The fourth-order valence-corrected chi connectivity index (χ4v) is 2.02. The van der Waals surface area contributed by atoms with Crippen molar-refractivity contribution >= 4 is 5.88 Å². The van der Waals surface area contributed by atoms with Crippen LogP contribution in [0.2, 0.25) is 0 Å². The monoisotopic (exact) mass is 262 g/mol. The Morgan fingerprint density at radius 2 is 1.68 bits per heavy atom. The molecule has 102 valence electrons. The summed E-state index contributed by atoms with van der Waals surface area (Å²) < 4.78 is 15.6. The molecule has 2 N–H and O–H groups in total. The molecule has 0 radical (unpaired) electrons. The van der Waals surface area contributed by atoms with Crippen LogP contribution in [-0.4, -0.2) is 19.4 Å². The minimum absolute atomic E-state index is 0.221. The van der Waals surface area contributed by atoms with E-state index in [0.717, 1.165) is 16.8 Å². The van der Waals surface area contributed by atoms with Crippen molar-refractivity contribution in [3.05, 3.63) is 23.8 Å². The molecule has 19 heavy (non-hydrogen) atoms. The summed E-state index contributed by atoms with van der Waals surface area (Å²) >= 11 is 0. The van der Waals surface area contributed by atoms with Crippen LogP contribution in [0.4, 0.5) is 5.88 Å². The van der Waals surface area contributed by atoms with Gasteiger partial charge >= 0.3 is 0 Å². The fourth-order valence-electron chi connectivity index (χ4n) is 2.02. The number of nitrogens with two attached hydrogens (primary N) is 1. The largest absolute Gasteiger partial charge is 0.497 e. The Bertz CT molecular complexity index is 554. The summed E-state index contributed by atoms with van der Waals surface area (Å²) in [5.41, 5.74) is 8.32. The van der Waals surface area contributed by atoms with Crippen molar-refractivity contribution in [1.29, 1.82) is 0 Å². The van der Waals surface area contributed by atoms with Gasteiger partial charge in [0, 0.05) is 17.2 Å². The minimum Gasteiger partial charge on any atom is -0.497 e. The van der Waals surface area contributed by atoms with Crippen LogP contribution in [0.25, 0.3) is 11.3 Å². The van der Waals surface area contributed by atoms with E-state index >= 15 is 0 Å². The van der Waals surface area contributed by atoms with Gasteiger partial charge in [-0.1, -0.05) is 19.0 Å². The lowest BCUT2D eigenvalue weighted by atomic mass is 9.98. The van der Waals surface area contributed by atoms with E-state index in [9.17, 15) is 0 Å². The SMILES string of the molecule is COc1cc(OC)cc(-c2noc(N)c2C(C)C)c1. The third kappa shape index (κ3) is 2.50. The number of nitrogen functional groups attached to an aromatic ring is 1. The lowest BCUT2D eigenvalue weighted by Crippen LogP contribution is -1.95. The zero-order valence-electron chi connectivity index (χ0n) is 11.6. The molecule has 0 aliphatic rings. The molecule has 0 atom stereocenters. The maximum atomic E-state index is 5.83. The first-order valence-electron chi connectivity index (χ1n) is 6.05. The van der Waals surface area contributed by atoms with Gasteiger partial charge in [-0.3, -0.25) is 0 Å². The van der Waals surface area contributed by atoms with Crippen molar-refractivity contribution in [2.24, 2.45) is 0 Å². The summed E-state index contributed by atoms with van der Waals surface area (Å²) in [5.74, 6) is 1.97. The summed E-state index contributed by atoms with van der Waals surface area (Å²) in [5, 5.41) is 4.05. The van der Waals surface area contributed by atoms with E-state index in [1.54, 1.807) is 14.2 Å². The Kier molecular flexibility index (Phi) is 3.64. The highest BCUT2D eigenvalue weighted by Gasteiger charge is 2.19. The number of benzene rings is 1. The van der Waals surface area contributed by atoms with Crippen molar-refractivity contribution in [1.82, 2.24) is 5.16 Å². The number of aromatic nitrogens is 1. The van der Waals surface area contributed by atoms with E-state index in [0.29, 0.717) is 17.4 Å². The second kappa shape index (κ2) is 5.22. The molecule has 1 heterocycles. The van der Waals surface area contributed by atoms with Crippen LogP contribution in [0.3, 0.4) is 0 Å². The highest BCUT2D eigenvalue weighted by atomic mass is 16.5. The molecule has 0 fully saturated rings. The lowest BCUT2D eigenvalue weighted by molar-refractivity contribution is 0.394. The Morgan fingerprint density at radius 1 is 1.11 bits per heavy atom. The van der Waals surface area contributed by atoms with Gasteiger partial charge in [0.2, 0.25) is 5.88 Å². The molecule has 1 aromatic carbocycles. The molecule has 0 aliphatic carbocycles. The first-order valence-corrected chi connectivity index (χ1v) is 6.05. The maximum absolute atomic E-state index is 5.83. The first kappa shape index (κ1) is 13.3. The molecule has 0 bridgehead atoms. The molecule has 2 aromatic rings. The predicted molar refractivity (Wildman–Crippen MR) is 73.5 cm³/mol. The molecule has 2 rings (SSSR count). The second-order valence-corrected chi connectivity index (χ2v) is 4.57. The van der Waals surface area contributed by atoms with Crippen LogP contribution in [0, 0.1) is 0 Å². The smallest absolute Gasteiger partial charge is 0.226 e. The van der Waals surface area contributed by atoms with Gasteiger partial charge in [-0.05, 0) is 18.1 Å². The molecule has 0 spiro atoms. The standard InChI is InChI=1S/C14H18N2O3/c1-8(2)12-13(16-19-14(12)15)9-5-10(17-3)7-11(6-9)18-4/h5-8H,15H2,1-4H3. The second-order valence-electron chi connectivity index (χ2n) is 4.57. The Morgan fingerprint density at radius 3 is 2.16 bits per heavy atom. The van der Waals surface area contributed by atoms with E-state index < -0.39 is 0 Å². The summed E-state index contributed by atoms with van der Waals surface area (Å²) in [4.78, 5) is 0. The average molecular weight is 262 g/mol. The molecule has 5 nitrogen and oxygen atoms in total. The normalized spacial score (nSPS) is 10.8. The summed E-state index contributed by atoms with van der Waals surface area (Å²) in [6.45, 7) is 4.09. The third-order valence-electron chi connectivity index (χ3n) is 2.96. The number of hydrogen-bond donors (Lipinski definition) is 1. The molecule has 1 aromatic heterocycles. The van der Waals surface area contributed by atoms with Crippen LogP contribution in [0.15, 0.2) is 22.7 Å². The molecule has 0 saturated heterocycles. The van der Waals surface area contributed by atoms with Crippen LogP contribution < -0.4 is 15.2 Å². The summed E-state index contributed by atoms with van der Waals surface area (Å²) in [7, 11) is 3.22. The van der Waals surface area contributed by atoms with Crippen molar-refractivity contribution < 1.29 is 14.0 Å². The zero-order valence-corrected chi connectivity index (χ0v) is 11.6. The topological polar surface area (TPSA) is 70.5 Å². The van der Waals surface area contributed by atoms with E-state index in [-0.39, 0.29) is 5.92 Å². The van der Waals surface area contributed by atoms with Gasteiger partial charge in [-0.25, -0.2) is 0 Å². The quantitative estimate of drug-likeness (QED) is 0.916. The molecule has 5 heteroatoms. The lowest BCUT2D eigenvalue weighted by Gasteiger charge is -2.09. The number of ether oxygens (including phenoxy) is 2. The number of hydrogen-bond acceptors (Lipinski definition) is 5. The number of rotatable bonds is 4. The first-order chi connectivity index (χ1) is 9.06. The molecular weight excluding hydrogens is 244 g/mol. The van der Waals surface area contributed by atoms with E-state index in [2.05, 4.69) is 5.16 Å². The zero-order chi connectivity index (χ0) is 14.0. The van der Waals surface area contributed by atoms with Crippen LogP contribution in [-0.2, 0) is 0 Å². The van der Waals surface area contributed by atoms with Gasteiger partial charge in [-0.2, -0.15) is 0 Å². The summed E-state index contributed by atoms with van der Waals surface area (Å²) in [6.07, 6.45) is 0. The number of anilines is 1. The molecular formula is C14H18N2O3. The van der Waals surface area contributed by atoms with Crippen molar-refractivity contribution in [2.75, 3.05) is 20.0 Å². The van der Waals surface area contributed by atoms with E-state index in [1.807, 2.05) is 32.0 Å². The number of methoxy groups -OCH3 is 2. The van der Waals surface area contributed by atoms with Crippen molar-refractivity contribution in [3.63, 3.8) is 0 Å². The van der Waals surface area contributed by atoms with E-state index in [1.165, 1.54) is 0 Å². The molecule has 0 aliphatic heterocycles. The van der Waals surface area contributed by atoms with Gasteiger partial charge in [0.1, 0.15) is 17.2 Å². The van der Waals surface area contributed by atoms with Crippen LogP contribution >= 0.6 is 0 Å². The average Bonchev–Trinajstić information content (AvgIpc) is 2.80. The fraction of sp³-hybridized carbons (Fsp3) is 0.357. The van der Waals surface area contributed by atoms with Gasteiger partial charge in [0.15, 0.2) is 0 Å². The van der Waals surface area contributed by atoms with Crippen molar-refractivity contribution in [3.8, 4) is 22.8 Å². The predicted octanol–water partition coefficient (Wildman–Crippen LogP) is 3.06. The highest BCUT2D eigenvalue weighted by Crippen LogP contribution is 2.36. The third-order valence-corrected chi connectivity index (χ3v) is 2.96. The Hall–Kier alpha value is -2.17. The van der Waals surface area contributed by atoms with Crippen LogP contribution in [0.1, 0.15) is 25.3 Å². The van der Waals surface area contributed by atoms with Crippen LogP contribution in [0.5, 0.6) is 11.5 Å². The van der Waals surface area contributed by atoms with Gasteiger partial charge in [-0.15, -0.1) is 0 Å². The van der Waals surface area contributed by atoms with Crippen molar-refractivity contribution in [2.45, 2.75) is 19.8 Å². The molecule has 0 unspecified atom stereocenters. The maximum Gasteiger partial charge on any atom is 0.226 e. The van der Waals surface area contributed by atoms with Gasteiger partial charge in [0.25, 0.3) is 0 Å². The van der Waals surface area contributed by atoms with Gasteiger partial charge < -0.3 is 19.7 Å². The molecule has 0 saturated carbocycles. The highest BCUT2D eigenvalue weighted by molar-refractivity contribution is 5.70. The summed E-state index contributed by atoms with van der Waals surface area (Å²) in [6, 6.07) is 5.57. The van der Waals surface area contributed by atoms with Gasteiger partial charge in [0.05, 0.1) is 14.2 Å². The molecule has 0 amide bonds. The Balaban J connectivity index is 2.58. The Labute approximate surface area is 112 Å². The minimum atomic E-state index is 0.221.